The quantitative estimate of drug-likeness (QED) is 0.875. The maximum Gasteiger partial charge on any atom is 0.304 e. The molecule has 1 N–H and O–H groups in total. The molecule has 1 aromatic rings. The second-order valence-corrected chi connectivity index (χ2v) is 6.97. The van der Waals surface area contributed by atoms with E-state index in [2.05, 4.69) is 0 Å². The fraction of sp³-hybridized carbons (Fsp3) is 0.562. The molecule has 5 heteroatoms. The highest BCUT2D eigenvalue weighted by atomic mass is 32.2. The predicted molar refractivity (Wildman–Crippen MR) is 82.5 cm³/mol. The highest BCUT2D eigenvalue weighted by molar-refractivity contribution is 7.99. The first-order chi connectivity index (χ1) is 10.1. The Morgan fingerprint density at radius 3 is 2.81 bits per heavy atom. The first-order valence-electron chi connectivity index (χ1n) is 7.28. The van der Waals surface area contributed by atoms with Crippen LogP contribution in [0.5, 0.6) is 11.5 Å². The Balaban J connectivity index is 1.80. The van der Waals surface area contributed by atoms with Gasteiger partial charge in [0.15, 0.2) is 11.5 Å². The molecule has 0 bridgehead atoms. The number of carboxylic acid groups (broad SMARTS) is 1. The lowest BCUT2D eigenvalue weighted by atomic mass is 9.92. The summed E-state index contributed by atoms with van der Waals surface area (Å²) in [4.78, 5) is 11.0. The van der Waals surface area contributed by atoms with Crippen molar-refractivity contribution in [1.82, 2.24) is 0 Å². The van der Waals surface area contributed by atoms with Crippen molar-refractivity contribution < 1.29 is 19.4 Å². The average Bonchev–Trinajstić information content (AvgIpc) is 3.04. The molecule has 4 nitrogen and oxygen atoms in total. The van der Waals surface area contributed by atoms with Crippen molar-refractivity contribution >= 4 is 17.7 Å². The van der Waals surface area contributed by atoms with E-state index in [-0.39, 0.29) is 17.9 Å². The van der Waals surface area contributed by atoms with E-state index >= 15 is 0 Å². The van der Waals surface area contributed by atoms with Crippen LogP contribution in [-0.4, -0.2) is 35.8 Å². The van der Waals surface area contributed by atoms with Gasteiger partial charge in [-0.3, -0.25) is 4.79 Å². The van der Waals surface area contributed by atoms with Gasteiger partial charge in [-0.05, 0) is 42.7 Å². The Kier molecular flexibility index (Phi) is 4.02. The third kappa shape index (κ3) is 3.12. The van der Waals surface area contributed by atoms with Crippen LogP contribution in [0.25, 0.3) is 0 Å². The molecule has 2 fully saturated rings. The Morgan fingerprint density at radius 1 is 1.43 bits per heavy atom. The number of carboxylic acids is 1. The summed E-state index contributed by atoms with van der Waals surface area (Å²) >= 11 is 1.91. The molecule has 2 aliphatic rings. The molecule has 1 atom stereocenters. The van der Waals surface area contributed by atoms with Crippen molar-refractivity contribution in [1.29, 1.82) is 0 Å². The van der Waals surface area contributed by atoms with Gasteiger partial charge in [-0.1, -0.05) is 6.07 Å². The van der Waals surface area contributed by atoms with Crippen LogP contribution in [-0.2, 0) is 10.2 Å². The van der Waals surface area contributed by atoms with Crippen LogP contribution in [0, 0.1) is 0 Å². The lowest BCUT2D eigenvalue weighted by Gasteiger charge is -2.19. The van der Waals surface area contributed by atoms with E-state index in [4.69, 9.17) is 14.6 Å². The number of ether oxygens (including phenoxy) is 2. The predicted octanol–water partition coefficient (Wildman–Crippen LogP) is 3.09. The minimum absolute atomic E-state index is 0.190. The molecule has 0 aromatic heterocycles. The summed E-state index contributed by atoms with van der Waals surface area (Å²) in [5.41, 5.74) is 0.857. The normalized spacial score (nSPS) is 22.8. The molecule has 0 spiro atoms. The molecular weight excluding hydrogens is 288 g/mol. The van der Waals surface area contributed by atoms with Crippen LogP contribution in [0.4, 0.5) is 0 Å². The lowest BCUT2D eigenvalue weighted by Crippen LogP contribution is -2.16. The smallest absolute Gasteiger partial charge is 0.304 e. The SMILES string of the molecule is COc1cc(C2(CC(=O)O)CC2)ccc1OC1CCSC1. The second kappa shape index (κ2) is 5.79. The number of aliphatic carboxylic acids is 1. The molecular formula is C16H20O4S. The van der Waals surface area contributed by atoms with Crippen LogP contribution < -0.4 is 9.47 Å². The number of benzene rings is 1. The second-order valence-electron chi connectivity index (χ2n) is 5.82. The highest BCUT2D eigenvalue weighted by Crippen LogP contribution is 2.52. The molecule has 0 amide bonds. The standard InChI is InChI=1S/C16H20O4S/c1-19-14-8-11(16(5-6-16)9-15(17)18)2-3-13(14)20-12-4-7-21-10-12/h2-3,8,12H,4-7,9-10H2,1H3,(H,17,18). The molecule has 0 radical (unpaired) electrons. The summed E-state index contributed by atoms with van der Waals surface area (Å²) in [5.74, 6) is 2.90. The monoisotopic (exact) mass is 308 g/mol. The molecule has 1 saturated heterocycles. The van der Waals surface area contributed by atoms with Crippen LogP contribution in [0.1, 0.15) is 31.2 Å². The van der Waals surface area contributed by atoms with Crippen molar-refractivity contribution in [3.8, 4) is 11.5 Å². The molecule has 1 heterocycles. The first kappa shape index (κ1) is 14.6. The Labute approximate surface area is 128 Å². The topological polar surface area (TPSA) is 55.8 Å². The summed E-state index contributed by atoms with van der Waals surface area (Å²) in [5, 5.41) is 9.06. The molecule has 1 aliphatic carbocycles. The zero-order chi connectivity index (χ0) is 14.9. The van der Waals surface area contributed by atoms with Gasteiger partial charge >= 0.3 is 5.97 Å². The van der Waals surface area contributed by atoms with E-state index in [1.54, 1.807) is 7.11 Å². The first-order valence-corrected chi connectivity index (χ1v) is 8.43. The zero-order valence-electron chi connectivity index (χ0n) is 12.1. The van der Waals surface area contributed by atoms with Gasteiger partial charge in [0.05, 0.1) is 13.5 Å². The van der Waals surface area contributed by atoms with Crippen LogP contribution in [0.3, 0.4) is 0 Å². The van der Waals surface area contributed by atoms with Crippen LogP contribution >= 0.6 is 11.8 Å². The maximum atomic E-state index is 11.0. The molecule has 21 heavy (non-hydrogen) atoms. The third-order valence-electron chi connectivity index (χ3n) is 4.30. The van der Waals surface area contributed by atoms with E-state index < -0.39 is 5.97 Å². The summed E-state index contributed by atoms with van der Waals surface area (Å²) in [6.45, 7) is 0. The molecule has 114 valence electrons. The van der Waals surface area contributed by atoms with Gasteiger partial charge < -0.3 is 14.6 Å². The lowest BCUT2D eigenvalue weighted by molar-refractivity contribution is -0.137. The minimum Gasteiger partial charge on any atom is -0.493 e. The maximum absolute atomic E-state index is 11.0. The van der Waals surface area contributed by atoms with Crippen molar-refractivity contribution in [2.45, 2.75) is 37.2 Å². The number of hydrogen-bond acceptors (Lipinski definition) is 4. The molecule has 1 saturated carbocycles. The minimum atomic E-state index is -0.741. The van der Waals surface area contributed by atoms with Gasteiger partial charge in [0.25, 0.3) is 0 Å². The van der Waals surface area contributed by atoms with Crippen molar-refractivity contribution in [3.63, 3.8) is 0 Å². The van der Waals surface area contributed by atoms with Crippen LogP contribution in [0.15, 0.2) is 18.2 Å². The van der Waals surface area contributed by atoms with Crippen molar-refractivity contribution in [2.75, 3.05) is 18.6 Å². The van der Waals surface area contributed by atoms with E-state index in [1.807, 2.05) is 30.0 Å². The Bertz CT molecular complexity index is 533. The fourth-order valence-corrected chi connectivity index (χ4v) is 3.98. The highest BCUT2D eigenvalue weighted by Gasteiger charge is 2.46. The van der Waals surface area contributed by atoms with Crippen LogP contribution in [0.2, 0.25) is 0 Å². The fourth-order valence-electron chi connectivity index (χ4n) is 2.89. The van der Waals surface area contributed by atoms with Gasteiger partial charge in [0, 0.05) is 11.2 Å². The Morgan fingerprint density at radius 2 is 2.24 bits per heavy atom. The van der Waals surface area contributed by atoms with Gasteiger partial charge in [0.1, 0.15) is 6.10 Å². The number of rotatable bonds is 6. The van der Waals surface area contributed by atoms with E-state index in [1.165, 1.54) is 0 Å². The molecule has 1 unspecified atom stereocenters. The van der Waals surface area contributed by atoms with E-state index in [0.717, 1.165) is 42.1 Å². The molecule has 1 aliphatic heterocycles. The number of hydrogen-bond donors (Lipinski definition) is 1. The average molecular weight is 308 g/mol. The summed E-state index contributed by atoms with van der Waals surface area (Å²) < 4.78 is 11.4. The zero-order valence-corrected chi connectivity index (χ0v) is 12.9. The van der Waals surface area contributed by atoms with Gasteiger partial charge in [0.2, 0.25) is 0 Å². The van der Waals surface area contributed by atoms with E-state index in [0.29, 0.717) is 5.75 Å². The molecule has 1 aromatic carbocycles. The van der Waals surface area contributed by atoms with Crippen molar-refractivity contribution in [3.05, 3.63) is 23.8 Å². The largest absolute Gasteiger partial charge is 0.493 e. The number of thioether (sulfide) groups is 1. The molecule has 3 rings (SSSR count). The van der Waals surface area contributed by atoms with Gasteiger partial charge in [-0.25, -0.2) is 0 Å². The summed E-state index contributed by atoms with van der Waals surface area (Å²) in [7, 11) is 1.63. The third-order valence-corrected chi connectivity index (χ3v) is 5.43. The summed E-state index contributed by atoms with van der Waals surface area (Å²) in [6, 6.07) is 5.88. The Hall–Kier alpha value is -1.36. The number of carbonyl (C=O) groups is 1. The van der Waals surface area contributed by atoms with Gasteiger partial charge in [-0.2, -0.15) is 11.8 Å². The van der Waals surface area contributed by atoms with Crippen molar-refractivity contribution in [2.24, 2.45) is 0 Å². The van der Waals surface area contributed by atoms with Gasteiger partial charge in [-0.15, -0.1) is 0 Å². The summed E-state index contributed by atoms with van der Waals surface area (Å²) in [6.07, 6.45) is 3.38. The number of methoxy groups -OCH3 is 1. The van der Waals surface area contributed by atoms with E-state index in [9.17, 15) is 4.79 Å².